The van der Waals surface area contributed by atoms with E-state index in [1.54, 1.807) is 6.92 Å². The molecule has 0 radical (unpaired) electrons. The quantitative estimate of drug-likeness (QED) is 0.793. The molecule has 1 aliphatic carbocycles. The molecule has 3 N–H and O–H groups in total. The smallest absolute Gasteiger partial charge is 0.223 e. The number of ketones is 1. The molecule has 2 aromatic heterocycles. The van der Waals surface area contributed by atoms with Gasteiger partial charge in [-0.25, -0.2) is 0 Å². The predicted octanol–water partition coefficient (Wildman–Crippen LogP) is 2.27. The average Bonchev–Trinajstić information content (AvgIpc) is 3.09. The molecule has 6 nitrogen and oxygen atoms in total. The van der Waals surface area contributed by atoms with E-state index >= 15 is 0 Å². The number of carbonyl (C=O) groups is 1. The molecule has 2 heterocycles. The Morgan fingerprint density at radius 3 is 3.05 bits per heavy atom. The third kappa shape index (κ3) is 2.82. The maximum absolute atomic E-state index is 12.0. The summed E-state index contributed by atoms with van der Waals surface area (Å²) >= 11 is 1.43. The summed E-state index contributed by atoms with van der Waals surface area (Å²) in [6.45, 7) is 2.44. The summed E-state index contributed by atoms with van der Waals surface area (Å²) in [5.74, 6) is 1.63. The van der Waals surface area contributed by atoms with Crippen molar-refractivity contribution in [3.8, 4) is 0 Å². The number of rotatable bonds is 6. The standard InChI is InChI=1S/C13H16N4O2S/c1-7-16-10(17-19-7)4-5-15-11-6-9(14)13(20-11)12(18)8-2-3-8/h6,8,15H,2-5,14H2,1H3. The number of hydrogen-bond acceptors (Lipinski definition) is 7. The van der Waals surface area contributed by atoms with Crippen molar-refractivity contribution in [2.24, 2.45) is 5.92 Å². The van der Waals surface area contributed by atoms with Gasteiger partial charge >= 0.3 is 0 Å². The Kier molecular flexibility index (Phi) is 3.43. The lowest BCUT2D eigenvalue weighted by Gasteiger charge is -1.99. The van der Waals surface area contributed by atoms with Crippen LogP contribution in [-0.2, 0) is 6.42 Å². The van der Waals surface area contributed by atoms with E-state index in [1.807, 2.05) is 6.07 Å². The number of thiophene rings is 1. The van der Waals surface area contributed by atoms with Gasteiger partial charge in [-0.2, -0.15) is 4.98 Å². The number of Topliss-reactive ketones (excluding diaryl/α,β-unsaturated/α-hetero) is 1. The first-order valence-corrected chi connectivity index (χ1v) is 7.41. The number of carbonyl (C=O) groups excluding carboxylic acids is 1. The van der Waals surface area contributed by atoms with Crippen molar-refractivity contribution in [2.45, 2.75) is 26.2 Å². The van der Waals surface area contributed by atoms with Crippen LogP contribution in [0.15, 0.2) is 10.6 Å². The third-order valence-electron chi connectivity index (χ3n) is 3.15. The second-order valence-electron chi connectivity index (χ2n) is 4.94. The molecule has 1 aliphatic rings. The zero-order chi connectivity index (χ0) is 14.1. The van der Waals surface area contributed by atoms with Gasteiger partial charge in [-0.1, -0.05) is 5.16 Å². The Morgan fingerprint density at radius 1 is 1.60 bits per heavy atom. The van der Waals surface area contributed by atoms with Crippen molar-refractivity contribution in [3.05, 3.63) is 22.7 Å². The molecule has 1 fully saturated rings. The minimum absolute atomic E-state index is 0.189. The maximum atomic E-state index is 12.0. The van der Waals surface area contributed by atoms with E-state index in [-0.39, 0.29) is 11.7 Å². The molecule has 0 unspecified atom stereocenters. The first-order valence-electron chi connectivity index (χ1n) is 6.60. The van der Waals surface area contributed by atoms with Crippen LogP contribution in [0.4, 0.5) is 10.7 Å². The van der Waals surface area contributed by atoms with Crippen LogP contribution in [0.3, 0.4) is 0 Å². The van der Waals surface area contributed by atoms with Crippen LogP contribution in [0.5, 0.6) is 0 Å². The van der Waals surface area contributed by atoms with Crippen molar-refractivity contribution < 1.29 is 9.32 Å². The molecular weight excluding hydrogens is 276 g/mol. The first-order chi connectivity index (χ1) is 9.63. The van der Waals surface area contributed by atoms with Crippen LogP contribution in [0, 0.1) is 12.8 Å². The van der Waals surface area contributed by atoms with Gasteiger partial charge < -0.3 is 15.6 Å². The van der Waals surface area contributed by atoms with Crippen molar-refractivity contribution in [1.82, 2.24) is 10.1 Å². The maximum Gasteiger partial charge on any atom is 0.223 e. The second-order valence-corrected chi connectivity index (χ2v) is 5.99. The van der Waals surface area contributed by atoms with E-state index in [9.17, 15) is 4.79 Å². The molecule has 0 aromatic carbocycles. The first kappa shape index (κ1) is 13.1. The van der Waals surface area contributed by atoms with Gasteiger partial charge in [0.25, 0.3) is 0 Å². The van der Waals surface area contributed by atoms with Crippen LogP contribution >= 0.6 is 11.3 Å². The lowest BCUT2D eigenvalue weighted by molar-refractivity contribution is 0.0972. The van der Waals surface area contributed by atoms with Crippen LogP contribution in [0.25, 0.3) is 0 Å². The topological polar surface area (TPSA) is 94.0 Å². The minimum atomic E-state index is 0.189. The Balaban J connectivity index is 1.57. The van der Waals surface area contributed by atoms with E-state index in [0.29, 0.717) is 35.2 Å². The predicted molar refractivity (Wildman–Crippen MR) is 77.0 cm³/mol. The highest BCUT2D eigenvalue weighted by Gasteiger charge is 2.32. The van der Waals surface area contributed by atoms with Gasteiger partial charge in [-0.3, -0.25) is 4.79 Å². The highest BCUT2D eigenvalue weighted by Crippen LogP contribution is 2.38. The molecule has 0 aliphatic heterocycles. The molecule has 1 saturated carbocycles. The molecule has 2 aromatic rings. The Labute approximate surface area is 120 Å². The van der Waals surface area contributed by atoms with Gasteiger partial charge in [0.1, 0.15) is 0 Å². The summed E-state index contributed by atoms with van der Waals surface area (Å²) < 4.78 is 4.90. The second kappa shape index (κ2) is 5.24. The monoisotopic (exact) mass is 292 g/mol. The highest BCUT2D eigenvalue weighted by molar-refractivity contribution is 7.18. The number of nitrogens with zero attached hydrogens (tertiary/aromatic N) is 2. The number of nitrogens with two attached hydrogens (primary N) is 1. The molecule has 0 spiro atoms. The molecule has 7 heteroatoms. The SMILES string of the molecule is Cc1nc(CCNc2cc(N)c(C(=O)C3CC3)s2)no1. The number of nitrogen functional groups attached to an aromatic ring is 1. The fourth-order valence-electron chi connectivity index (χ4n) is 1.96. The van der Waals surface area contributed by atoms with E-state index in [2.05, 4.69) is 15.5 Å². The van der Waals surface area contributed by atoms with E-state index < -0.39 is 0 Å². The fourth-order valence-corrected chi connectivity index (χ4v) is 2.98. The lowest BCUT2D eigenvalue weighted by atomic mass is 10.2. The van der Waals surface area contributed by atoms with Gasteiger partial charge in [0.05, 0.1) is 15.6 Å². The van der Waals surface area contributed by atoms with Crippen molar-refractivity contribution in [1.29, 1.82) is 0 Å². The van der Waals surface area contributed by atoms with Crippen LogP contribution in [-0.4, -0.2) is 22.5 Å². The third-order valence-corrected chi connectivity index (χ3v) is 4.27. The van der Waals surface area contributed by atoms with E-state index in [4.69, 9.17) is 10.3 Å². The summed E-state index contributed by atoms with van der Waals surface area (Å²) in [7, 11) is 0. The van der Waals surface area contributed by atoms with E-state index in [1.165, 1.54) is 11.3 Å². The molecule has 0 saturated heterocycles. The summed E-state index contributed by atoms with van der Waals surface area (Å²) in [5, 5.41) is 7.98. The van der Waals surface area contributed by atoms with Gasteiger partial charge in [0, 0.05) is 25.8 Å². The molecule has 106 valence electrons. The van der Waals surface area contributed by atoms with Crippen molar-refractivity contribution in [2.75, 3.05) is 17.6 Å². The molecular formula is C13H16N4O2S. The summed E-state index contributed by atoms with van der Waals surface area (Å²) in [6.07, 6.45) is 2.66. The number of hydrogen-bond donors (Lipinski definition) is 2. The summed E-state index contributed by atoms with van der Waals surface area (Å²) in [6, 6.07) is 1.82. The number of aromatic nitrogens is 2. The normalized spacial score (nSPS) is 14.4. The summed E-state index contributed by atoms with van der Waals surface area (Å²) in [5.41, 5.74) is 6.48. The summed E-state index contributed by atoms with van der Waals surface area (Å²) in [4.78, 5) is 16.8. The Bertz CT molecular complexity index is 630. The zero-order valence-corrected chi connectivity index (χ0v) is 12.0. The van der Waals surface area contributed by atoms with E-state index in [0.717, 1.165) is 17.8 Å². The molecule has 3 rings (SSSR count). The number of aryl methyl sites for hydroxylation is 1. The molecule has 20 heavy (non-hydrogen) atoms. The lowest BCUT2D eigenvalue weighted by Crippen LogP contribution is -2.04. The van der Waals surface area contributed by atoms with Gasteiger partial charge in [-0.05, 0) is 18.9 Å². The number of anilines is 2. The zero-order valence-electron chi connectivity index (χ0n) is 11.2. The molecule has 0 bridgehead atoms. The molecule has 0 atom stereocenters. The minimum Gasteiger partial charge on any atom is -0.397 e. The van der Waals surface area contributed by atoms with Gasteiger partial charge in [0.2, 0.25) is 5.89 Å². The van der Waals surface area contributed by atoms with Crippen LogP contribution in [0.1, 0.15) is 34.2 Å². The Morgan fingerprint density at radius 2 is 2.40 bits per heavy atom. The van der Waals surface area contributed by atoms with Crippen molar-refractivity contribution >= 4 is 27.8 Å². The van der Waals surface area contributed by atoms with Crippen LogP contribution < -0.4 is 11.1 Å². The number of nitrogens with one attached hydrogen (secondary N) is 1. The highest BCUT2D eigenvalue weighted by atomic mass is 32.1. The molecule has 0 amide bonds. The van der Waals surface area contributed by atoms with Gasteiger partial charge in [0.15, 0.2) is 11.6 Å². The average molecular weight is 292 g/mol. The largest absolute Gasteiger partial charge is 0.397 e. The van der Waals surface area contributed by atoms with Crippen molar-refractivity contribution in [3.63, 3.8) is 0 Å². The Hall–Kier alpha value is -1.89. The fraction of sp³-hybridized carbons (Fsp3) is 0.462. The van der Waals surface area contributed by atoms with Gasteiger partial charge in [-0.15, -0.1) is 11.3 Å². The van der Waals surface area contributed by atoms with Crippen LogP contribution in [0.2, 0.25) is 0 Å².